The maximum absolute atomic E-state index is 12.9. The van der Waals surface area contributed by atoms with Crippen molar-refractivity contribution in [3.05, 3.63) is 32.6 Å². The first-order valence-electron chi connectivity index (χ1n) is 10.3. The highest BCUT2D eigenvalue weighted by Gasteiger charge is 2.33. The molecule has 9 heteroatoms. The fourth-order valence-corrected chi connectivity index (χ4v) is 8.12. The predicted octanol–water partition coefficient (Wildman–Crippen LogP) is 3.15. The quantitative estimate of drug-likeness (QED) is 0.729. The number of thiazole rings is 1. The number of carbonyl (C=O) groups excluding carboxylic acids is 1. The number of aromatic nitrogens is 1. The maximum atomic E-state index is 12.9. The summed E-state index contributed by atoms with van der Waals surface area (Å²) < 4.78 is 27.6. The van der Waals surface area contributed by atoms with Gasteiger partial charge in [0, 0.05) is 35.8 Å². The summed E-state index contributed by atoms with van der Waals surface area (Å²) in [4.78, 5) is 19.8. The van der Waals surface area contributed by atoms with E-state index in [9.17, 15) is 13.2 Å². The zero-order chi connectivity index (χ0) is 20.4. The Morgan fingerprint density at radius 1 is 1.24 bits per heavy atom. The van der Waals surface area contributed by atoms with Crippen molar-refractivity contribution in [2.24, 2.45) is 5.92 Å². The molecule has 1 fully saturated rings. The lowest BCUT2D eigenvalue weighted by Crippen LogP contribution is -2.45. The Labute approximate surface area is 180 Å². The summed E-state index contributed by atoms with van der Waals surface area (Å²) in [6, 6.07) is 3.48. The zero-order valence-electron chi connectivity index (χ0n) is 16.6. The number of sulfonamides is 1. The first kappa shape index (κ1) is 21.0. The van der Waals surface area contributed by atoms with E-state index < -0.39 is 10.0 Å². The van der Waals surface area contributed by atoms with Gasteiger partial charge < -0.3 is 5.32 Å². The summed E-state index contributed by atoms with van der Waals surface area (Å²) in [6.45, 7) is 3.19. The van der Waals surface area contributed by atoms with Gasteiger partial charge in [-0.15, -0.1) is 22.7 Å². The van der Waals surface area contributed by atoms with Crippen LogP contribution in [0.2, 0.25) is 0 Å². The van der Waals surface area contributed by atoms with Crippen LogP contribution in [0.25, 0.3) is 0 Å². The number of nitrogens with one attached hydrogen (secondary N) is 1. The summed E-state index contributed by atoms with van der Waals surface area (Å²) in [7, 11) is -3.51. The van der Waals surface area contributed by atoms with Gasteiger partial charge in [0.1, 0.15) is 4.21 Å². The monoisotopic (exact) mass is 453 g/mol. The Kier molecular flexibility index (Phi) is 6.38. The van der Waals surface area contributed by atoms with Crippen LogP contribution < -0.4 is 5.32 Å². The van der Waals surface area contributed by atoms with E-state index in [-0.39, 0.29) is 18.4 Å². The zero-order valence-corrected chi connectivity index (χ0v) is 19.1. The molecule has 0 unspecified atom stereocenters. The Morgan fingerprint density at radius 3 is 2.83 bits per heavy atom. The largest absolute Gasteiger partial charge is 0.355 e. The molecule has 0 saturated carbocycles. The van der Waals surface area contributed by atoms with Crippen LogP contribution in [0, 0.1) is 12.8 Å². The van der Waals surface area contributed by atoms with E-state index in [4.69, 9.17) is 4.98 Å². The lowest BCUT2D eigenvalue weighted by molar-refractivity contribution is -0.126. The van der Waals surface area contributed by atoms with Crippen molar-refractivity contribution in [1.29, 1.82) is 0 Å². The van der Waals surface area contributed by atoms with Crippen LogP contribution in [-0.2, 0) is 34.1 Å². The van der Waals surface area contributed by atoms with Crippen LogP contribution in [0.15, 0.2) is 16.3 Å². The van der Waals surface area contributed by atoms with Crippen molar-refractivity contribution in [3.8, 4) is 0 Å². The molecule has 2 aliphatic rings. The second-order valence-electron chi connectivity index (χ2n) is 7.79. The third kappa shape index (κ3) is 4.73. The lowest BCUT2D eigenvalue weighted by Gasteiger charge is -2.30. The molecular formula is C20H27N3O3S3. The van der Waals surface area contributed by atoms with Gasteiger partial charge in [-0.1, -0.05) is 0 Å². The molecule has 1 amide bonds. The van der Waals surface area contributed by atoms with Crippen molar-refractivity contribution in [1.82, 2.24) is 14.6 Å². The minimum atomic E-state index is -3.51. The van der Waals surface area contributed by atoms with Crippen LogP contribution in [-0.4, -0.2) is 43.2 Å². The highest BCUT2D eigenvalue weighted by molar-refractivity contribution is 7.91. The third-order valence-electron chi connectivity index (χ3n) is 5.59. The van der Waals surface area contributed by atoms with E-state index in [1.54, 1.807) is 17.4 Å². The molecule has 158 valence electrons. The second-order valence-corrected chi connectivity index (χ2v) is 12.4. The van der Waals surface area contributed by atoms with Crippen LogP contribution in [0.5, 0.6) is 0 Å². The molecule has 4 rings (SSSR count). The minimum absolute atomic E-state index is 0.0476. The molecule has 3 heterocycles. The van der Waals surface area contributed by atoms with Crippen LogP contribution >= 0.6 is 22.7 Å². The molecule has 1 saturated heterocycles. The molecule has 2 aromatic heterocycles. The van der Waals surface area contributed by atoms with E-state index in [0.717, 1.165) is 35.6 Å². The normalized spacial score (nSPS) is 20.4. The number of hydrogen-bond donors (Lipinski definition) is 1. The fourth-order valence-electron chi connectivity index (χ4n) is 4.00. The summed E-state index contributed by atoms with van der Waals surface area (Å²) in [5.74, 6) is -0.335. The van der Waals surface area contributed by atoms with Gasteiger partial charge in [-0.25, -0.2) is 13.4 Å². The molecular weight excluding hydrogens is 426 g/mol. The Morgan fingerprint density at radius 2 is 2.07 bits per heavy atom. The van der Waals surface area contributed by atoms with Crippen molar-refractivity contribution in [3.63, 3.8) is 0 Å². The molecule has 1 N–H and O–H groups in total. The summed E-state index contributed by atoms with van der Waals surface area (Å²) >= 11 is 3.06. The molecule has 1 aliphatic carbocycles. The topological polar surface area (TPSA) is 79.4 Å². The molecule has 29 heavy (non-hydrogen) atoms. The highest BCUT2D eigenvalue weighted by Crippen LogP contribution is 2.29. The lowest BCUT2D eigenvalue weighted by atomic mass is 9.99. The smallest absolute Gasteiger partial charge is 0.252 e. The van der Waals surface area contributed by atoms with E-state index in [0.29, 0.717) is 23.7 Å². The van der Waals surface area contributed by atoms with Gasteiger partial charge in [-0.05, 0) is 57.6 Å². The standard InChI is InChI=1S/C20H27N3O3S3/c1-14-8-9-19(27-14)29(25,26)23-12-4-5-15(13-23)20(24)21-11-10-18-22-16-6-2-3-7-17(16)28-18/h8-9,15H,2-7,10-13H2,1H3,(H,21,24)/t15-/m0/s1. The Balaban J connectivity index is 1.31. The van der Waals surface area contributed by atoms with Gasteiger partial charge in [0.05, 0.1) is 16.6 Å². The van der Waals surface area contributed by atoms with Crippen molar-refractivity contribution in [2.75, 3.05) is 19.6 Å². The van der Waals surface area contributed by atoms with Crippen LogP contribution in [0.3, 0.4) is 0 Å². The molecule has 0 radical (unpaired) electrons. The molecule has 1 atom stereocenters. The SMILES string of the molecule is Cc1ccc(S(=O)(=O)N2CCC[C@H](C(=O)NCCc3nc4c(s3)CCCC4)C2)s1. The maximum Gasteiger partial charge on any atom is 0.252 e. The summed E-state index contributed by atoms with van der Waals surface area (Å²) in [5.41, 5.74) is 1.25. The van der Waals surface area contributed by atoms with Crippen molar-refractivity contribution in [2.45, 2.75) is 56.1 Å². The molecule has 0 aromatic carbocycles. The first-order valence-corrected chi connectivity index (χ1v) is 13.3. The predicted molar refractivity (Wildman–Crippen MR) is 116 cm³/mol. The Bertz CT molecular complexity index is 957. The molecule has 6 nitrogen and oxygen atoms in total. The average molecular weight is 454 g/mol. The van der Waals surface area contributed by atoms with E-state index in [1.165, 1.54) is 39.1 Å². The van der Waals surface area contributed by atoms with Crippen LogP contribution in [0.4, 0.5) is 0 Å². The fraction of sp³-hybridized carbons (Fsp3) is 0.600. The van der Waals surface area contributed by atoms with Gasteiger partial charge >= 0.3 is 0 Å². The van der Waals surface area contributed by atoms with Crippen LogP contribution in [0.1, 0.15) is 46.1 Å². The minimum Gasteiger partial charge on any atom is -0.355 e. The number of aryl methyl sites for hydroxylation is 3. The van der Waals surface area contributed by atoms with Crippen molar-refractivity contribution >= 4 is 38.6 Å². The van der Waals surface area contributed by atoms with E-state index in [1.807, 2.05) is 13.0 Å². The van der Waals surface area contributed by atoms with E-state index >= 15 is 0 Å². The Hall–Kier alpha value is -1.29. The number of nitrogens with zero attached hydrogens (tertiary/aromatic N) is 2. The molecule has 1 aliphatic heterocycles. The number of rotatable bonds is 6. The third-order valence-corrected chi connectivity index (χ3v) is 10.1. The molecule has 2 aromatic rings. The van der Waals surface area contributed by atoms with Gasteiger partial charge in [0.15, 0.2) is 0 Å². The second kappa shape index (κ2) is 8.83. The molecule has 0 bridgehead atoms. The number of amides is 1. The number of carbonyl (C=O) groups is 1. The summed E-state index contributed by atoms with van der Waals surface area (Å²) in [5, 5.41) is 4.10. The number of thiophene rings is 1. The first-order chi connectivity index (χ1) is 13.9. The highest BCUT2D eigenvalue weighted by atomic mass is 32.2. The average Bonchev–Trinajstić information content (AvgIpc) is 3.34. The van der Waals surface area contributed by atoms with E-state index in [2.05, 4.69) is 5.32 Å². The van der Waals surface area contributed by atoms with Gasteiger partial charge in [-0.3, -0.25) is 4.79 Å². The van der Waals surface area contributed by atoms with Gasteiger partial charge in [0.25, 0.3) is 10.0 Å². The number of piperidine rings is 1. The van der Waals surface area contributed by atoms with Crippen molar-refractivity contribution < 1.29 is 13.2 Å². The van der Waals surface area contributed by atoms with Gasteiger partial charge in [0.2, 0.25) is 5.91 Å². The molecule has 0 spiro atoms. The summed E-state index contributed by atoms with van der Waals surface area (Å²) in [6.07, 6.45) is 6.86. The number of hydrogen-bond acceptors (Lipinski definition) is 6. The number of fused-ring (bicyclic) bond motifs is 1. The van der Waals surface area contributed by atoms with Gasteiger partial charge in [-0.2, -0.15) is 4.31 Å².